The number of hydrogen-bond acceptors (Lipinski definition) is 5. The molecule has 2 aromatic heterocycles. The molecule has 3 heterocycles. The monoisotopic (exact) mass is 272 g/mol. The second kappa shape index (κ2) is 5.38. The minimum Gasteiger partial charge on any atom is -0.336 e. The summed E-state index contributed by atoms with van der Waals surface area (Å²) < 4.78 is 1.75. The number of nitrogens with zero attached hydrogens (tertiary/aromatic N) is 5. The van der Waals surface area contributed by atoms with Gasteiger partial charge in [0.2, 0.25) is 0 Å². The topological polar surface area (TPSA) is 75.9 Å². The second-order valence-corrected chi connectivity index (χ2v) is 4.91. The zero-order valence-corrected chi connectivity index (χ0v) is 11.2. The smallest absolute Gasteiger partial charge is 0.276 e. The number of carbonyl (C=O) groups excluding carboxylic acids is 1. The van der Waals surface area contributed by atoms with Gasteiger partial charge in [0.1, 0.15) is 0 Å². The molecular formula is C13H16N6O. The lowest BCUT2D eigenvalue weighted by atomic mass is 10.2. The van der Waals surface area contributed by atoms with E-state index < -0.39 is 0 Å². The van der Waals surface area contributed by atoms with Crippen molar-refractivity contribution in [3.63, 3.8) is 0 Å². The lowest BCUT2D eigenvalue weighted by Crippen LogP contribution is -2.43. The predicted octanol–water partition coefficient (Wildman–Crippen LogP) is 0.0896. The Morgan fingerprint density at radius 1 is 1.45 bits per heavy atom. The normalized spacial score (nSPS) is 14.8. The molecule has 0 aromatic carbocycles. The van der Waals surface area contributed by atoms with E-state index in [4.69, 9.17) is 0 Å². The molecule has 3 rings (SSSR count). The molecule has 7 heteroatoms. The van der Waals surface area contributed by atoms with Crippen LogP contribution in [0.4, 0.5) is 0 Å². The Morgan fingerprint density at radius 2 is 2.20 bits per heavy atom. The molecule has 104 valence electrons. The molecule has 20 heavy (non-hydrogen) atoms. The molecule has 0 saturated carbocycles. The molecule has 0 spiro atoms. The maximum Gasteiger partial charge on any atom is 0.276 e. The van der Waals surface area contributed by atoms with Crippen LogP contribution >= 0.6 is 0 Å². The number of pyridine rings is 1. The number of amides is 1. The molecule has 0 radical (unpaired) electrons. The number of hydrogen-bond donors (Lipinski definition) is 1. The summed E-state index contributed by atoms with van der Waals surface area (Å²) in [6.07, 6.45) is 5.15. The molecule has 0 aliphatic carbocycles. The van der Waals surface area contributed by atoms with Crippen LogP contribution in [0.15, 0.2) is 30.7 Å². The molecule has 1 N–H and O–H groups in total. The summed E-state index contributed by atoms with van der Waals surface area (Å²) in [5, 5.41) is 11.1. The molecule has 1 aliphatic rings. The first-order valence-corrected chi connectivity index (χ1v) is 6.51. The van der Waals surface area contributed by atoms with Crippen molar-refractivity contribution < 1.29 is 4.79 Å². The van der Waals surface area contributed by atoms with Crippen LogP contribution in [0.3, 0.4) is 0 Å². The second-order valence-electron chi connectivity index (χ2n) is 4.91. The van der Waals surface area contributed by atoms with E-state index in [1.165, 1.54) is 0 Å². The van der Waals surface area contributed by atoms with E-state index in [0.29, 0.717) is 18.3 Å². The van der Waals surface area contributed by atoms with Crippen LogP contribution in [-0.2, 0) is 6.54 Å². The van der Waals surface area contributed by atoms with Gasteiger partial charge in [0, 0.05) is 39.1 Å². The fourth-order valence-electron chi connectivity index (χ4n) is 2.04. The summed E-state index contributed by atoms with van der Waals surface area (Å²) in [5.74, 6) is -0.125. The van der Waals surface area contributed by atoms with Crippen molar-refractivity contribution >= 4 is 5.91 Å². The van der Waals surface area contributed by atoms with E-state index in [0.717, 1.165) is 18.7 Å². The van der Waals surface area contributed by atoms with E-state index >= 15 is 0 Å². The third kappa shape index (κ3) is 2.53. The SMILES string of the molecule is CN(Cc1ccncc1)C(=O)c1cn(C2CNC2)nn1. The van der Waals surface area contributed by atoms with E-state index in [-0.39, 0.29) is 5.91 Å². The highest BCUT2D eigenvalue weighted by Crippen LogP contribution is 2.11. The van der Waals surface area contributed by atoms with Crippen molar-refractivity contribution in [3.8, 4) is 0 Å². The Bertz CT molecular complexity index is 592. The first-order valence-electron chi connectivity index (χ1n) is 6.51. The summed E-state index contributed by atoms with van der Waals surface area (Å²) in [7, 11) is 1.76. The fraction of sp³-hybridized carbons (Fsp3) is 0.385. The van der Waals surface area contributed by atoms with Crippen LogP contribution in [0.2, 0.25) is 0 Å². The van der Waals surface area contributed by atoms with Crippen molar-refractivity contribution in [2.45, 2.75) is 12.6 Å². The van der Waals surface area contributed by atoms with E-state index in [2.05, 4.69) is 20.6 Å². The quantitative estimate of drug-likeness (QED) is 0.853. The van der Waals surface area contributed by atoms with Crippen LogP contribution < -0.4 is 5.32 Å². The van der Waals surface area contributed by atoms with Gasteiger partial charge in [-0.05, 0) is 17.7 Å². The highest BCUT2D eigenvalue weighted by Gasteiger charge is 2.22. The molecule has 7 nitrogen and oxygen atoms in total. The van der Waals surface area contributed by atoms with Gasteiger partial charge in [-0.2, -0.15) is 0 Å². The van der Waals surface area contributed by atoms with Crippen molar-refractivity contribution in [1.29, 1.82) is 0 Å². The van der Waals surface area contributed by atoms with Crippen molar-refractivity contribution in [2.75, 3.05) is 20.1 Å². The van der Waals surface area contributed by atoms with Crippen molar-refractivity contribution in [3.05, 3.63) is 42.0 Å². The fourth-order valence-corrected chi connectivity index (χ4v) is 2.04. The number of carbonyl (C=O) groups is 1. The van der Waals surface area contributed by atoms with Gasteiger partial charge in [0.25, 0.3) is 5.91 Å². The highest BCUT2D eigenvalue weighted by atomic mass is 16.2. The van der Waals surface area contributed by atoms with E-state index in [9.17, 15) is 4.79 Å². The summed E-state index contributed by atoms with van der Waals surface area (Å²) in [4.78, 5) is 17.9. The minimum atomic E-state index is -0.125. The summed E-state index contributed by atoms with van der Waals surface area (Å²) in [6.45, 7) is 2.28. The van der Waals surface area contributed by atoms with Crippen LogP contribution in [0.25, 0.3) is 0 Å². The third-order valence-corrected chi connectivity index (χ3v) is 3.38. The Hall–Kier alpha value is -2.28. The van der Waals surface area contributed by atoms with Crippen LogP contribution in [-0.4, -0.2) is 50.9 Å². The first kappa shape index (κ1) is 12.7. The number of aromatic nitrogens is 4. The molecule has 0 unspecified atom stereocenters. The van der Waals surface area contributed by atoms with Gasteiger partial charge >= 0.3 is 0 Å². The average molecular weight is 272 g/mol. The minimum absolute atomic E-state index is 0.125. The molecule has 1 amide bonds. The Balaban J connectivity index is 1.66. The zero-order chi connectivity index (χ0) is 13.9. The Kier molecular flexibility index (Phi) is 3.42. The molecule has 2 aromatic rings. The van der Waals surface area contributed by atoms with E-state index in [1.807, 2.05) is 12.1 Å². The molecular weight excluding hydrogens is 256 g/mol. The van der Waals surface area contributed by atoms with Crippen LogP contribution in [0.1, 0.15) is 22.1 Å². The maximum atomic E-state index is 12.3. The van der Waals surface area contributed by atoms with Gasteiger partial charge in [0.05, 0.1) is 12.2 Å². The summed E-state index contributed by atoms with van der Waals surface area (Å²) in [5.41, 5.74) is 1.42. The predicted molar refractivity (Wildman–Crippen MR) is 72.0 cm³/mol. The molecule has 1 aliphatic heterocycles. The maximum absolute atomic E-state index is 12.3. The van der Waals surface area contributed by atoms with E-state index in [1.54, 1.807) is 35.2 Å². The summed E-state index contributed by atoms with van der Waals surface area (Å²) in [6, 6.07) is 4.09. The number of nitrogens with one attached hydrogen (secondary N) is 1. The van der Waals surface area contributed by atoms with Gasteiger partial charge in [0.15, 0.2) is 5.69 Å². The molecule has 1 saturated heterocycles. The first-order chi connectivity index (χ1) is 9.74. The molecule has 0 bridgehead atoms. The largest absolute Gasteiger partial charge is 0.336 e. The lowest BCUT2D eigenvalue weighted by Gasteiger charge is -2.26. The van der Waals surface area contributed by atoms with Gasteiger partial charge in [-0.15, -0.1) is 5.10 Å². The third-order valence-electron chi connectivity index (χ3n) is 3.38. The van der Waals surface area contributed by atoms with Crippen molar-refractivity contribution in [2.24, 2.45) is 0 Å². The molecule has 1 fully saturated rings. The number of rotatable bonds is 4. The standard InChI is InChI=1S/C13H16N6O/c1-18(8-10-2-4-14-5-3-10)13(20)12-9-19(17-16-12)11-6-15-7-11/h2-5,9,11,15H,6-8H2,1H3. The van der Waals surface area contributed by atoms with Crippen LogP contribution in [0, 0.1) is 0 Å². The zero-order valence-electron chi connectivity index (χ0n) is 11.2. The van der Waals surface area contributed by atoms with Gasteiger partial charge in [-0.25, -0.2) is 4.68 Å². The van der Waals surface area contributed by atoms with Gasteiger partial charge < -0.3 is 10.2 Å². The van der Waals surface area contributed by atoms with Gasteiger partial charge in [-0.1, -0.05) is 5.21 Å². The van der Waals surface area contributed by atoms with Crippen LogP contribution in [0.5, 0.6) is 0 Å². The van der Waals surface area contributed by atoms with Gasteiger partial charge in [-0.3, -0.25) is 9.78 Å². The summed E-state index contributed by atoms with van der Waals surface area (Å²) >= 11 is 0. The average Bonchev–Trinajstić information content (AvgIpc) is 2.86. The Labute approximate surface area is 116 Å². The molecule has 0 atom stereocenters. The lowest BCUT2D eigenvalue weighted by molar-refractivity contribution is 0.0779. The van der Waals surface area contributed by atoms with Crippen molar-refractivity contribution in [1.82, 2.24) is 30.2 Å². The Morgan fingerprint density at radius 3 is 2.85 bits per heavy atom. The highest BCUT2D eigenvalue weighted by molar-refractivity contribution is 5.91.